The molecule has 2 aromatic carbocycles. The molecule has 0 N–H and O–H groups in total. The van der Waals surface area contributed by atoms with Gasteiger partial charge in [0, 0.05) is 17.5 Å². The number of hydrazone groups is 1. The number of benzene rings is 2. The van der Waals surface area contributed by atoms with E-state index < -0.39 is 0 Å². The molecule has 1 heterocycles. The first-order valence-corrected chi connectivity index (χ1v) is 8.37. The molecule has 130 valence electrons. The average molecular weight is 338 g/mol. The van der Waals surface area contributed by atoms with Crippen LogP contribution in [0, 0.1) is 0 Å². The molecular weight excluding hydrogens is 316 g/mol. The molecule has 3 rings (SSSR count). The highest BCUT2D eigenvalue weighted by molar-refractivity contribution is 6.04. The minimum Gasteiger partial charge on any atom is -0.493 e. The van der Waals surface area contributed by atoms with Gasteiger partial charge >= 0.3 is 0 Å². The first kappa shape index (κ1) is 17.0. The third kappa shape index (κ3) is 3.50. The van der Waals surface area contributed by atoms with Gasteiger partial charge < -0.3 is 9.47 Å². The molecule has 0 saturated heterocycles. The van der Waals surface area contributed by atoms with E-state index in [2.05, 4.69) is 12.0 Å². The Morgan fingerprint density at radius 1 is 1.12 bits per heavy atom. The molecule has 5 nitrogen and oxygen atoms in total. The van der Waals surface area contributed by atoms with Crippen LogP contribution in [0.15, 0.2) is 47.6 Å². The zero-order valence-corrected chi connectivity index (χ0v) is 14.8. The number of ether oxygens (including phenoxy) is 2. The summed E-state index contributed by atoms with van der Waals surface area (Å²) in [5.41, 5.74) is 3.64. The van der Waals surface area contributed by atoms with E-state index >= 15 is 0 Å². The predicted molar refractivity (Wildman–Crippen MR) is 97.6 cm³/mol. The highest BCUT2D eigenvalue weighted by atomic mass is 16.5. The quantitative estimate of drug-likeness (QED) is 0.838. The van der Waals surface area contributed by atoms with Crippen molar-refractivity contribution >= 4 is 11.6 Å². The fourth-order valence-electron chi connectivity index (χ4n) is 2.90. The smallest absolute Gasteiger partial charge is 0.273 e. The molecule has 0 aliphatic carbocycles. The van der Waals surface area contributed by atoms with E-state index in [1.807, 2.05) is 42.5 Å². The van der Waals surface area contributed by atoms with Crippen LogP contribution < -0.4 is 9.47 Å². The van der Waals surface area contributed by atoms with Crippen LogP contribution in [-0.4, -0.2) is 37.4 Å². The lowest BCUT2D eigenvalue weighted by Crippen LogP contribution is -2.23. The Bertz CT molecular complexity index is 814. The summed E-state index contributed by atoms with van der Waals surface area (Å²) in [5.74, 6) is 1.27. The molecule has 0 bridgehead atoms. The number of rotatable bonds is 5. The van der Waals surface area contributed by atoms with Gasteiger partial charge in [-0.25, -0.2) is 5.01 Å². The number of methoxy groups -OCH3 is 2. The number of carbonyl (C=O) groups is 1. The second kappa shape index (κ2) is 7.38. The Morgan fingerprint density at radius 3 is 2.64 bits per heavy atom. The lowest BCUT2D eigenvalue weighted by molar-refractivity contribution is 0.0778. The van der Waals surface area contributed by atoms with Crippen molar-refractivity contribution in [2.24, 2.45) is 5.10 Å². The minimum absolute atomic E-state index is 0.0641. The van der Waals surface area contributed by atoms with Gasteiger partial charge in [-0.3, -0.25) is 4.79 Å². The van der Waals surface area contributed by atoms with Crippen molar-refractivity contribution in [1.29, 1.82) is 0 Å². The van der Waals surface area contributed by atoms with Gasteiger partial charge in [0.1, 0.15) is 0 Å². The molecule has 0 saturated carbocycles. The molecule has 0 atom stereocenters. The van der Waals surface area contributed by atoms with E-state index in [4.69, 9.17) is 9.47 Å². The molecule has 1 aliphatic rings. The number of nitrogens with zero attached hydrogens (tertiary/aromatic N) is 2. The van der Waals surface area contributed by atoms with Crippen LogP contribution in [0.3, 0.4) is 0 Å². The lowest BCUT2D eigenvalue weighted by Gasteiger charge is -2.12. The van der Waals surface area contributed by atoms with Crippen molar-refractivity contribution in [1.82, 2.24) is 5.01 Å². The number of aryl methyl sites for hydroxylation is 1. The minimum atomic E-state index is -0.0641. The summed E-state index contributed by atoms with van der Waals surface area (Å²) in [6.45, 7) is 2.66. The Balaban J connectivity index is 1.83. The molecule has 5 heteroatoms. The van der Waals surface area contributed by atoms with Crippen molar-refractivity contribution in [3.8, 4) is 11.5 Å². The van der Waals surface area contributed by atoms with E-state index in [1.54, 1.807) is 19.2 Å². The maximum atomic E-state index is 12.7. The van der Waals surface area contributed by atoms with E-state index in [0.717, 1.165) is 23.3 Å². The van der Waals surface area contributed by atoms with Crippen LogP contribution in [0.2, 0.25) is 0 Å². The number of hydrogen-bond donors (Lipinski definition) is 0. The van der Waals surface area contributed by atoms with Gasteiger partial charge in [-0.2, -0.15) is 5.10 Å². The summed E-state index contributed by atoms with van der Waals surface area (Å²) in [4.78, 5) is 12.7. The molecule has 2 aromatic rings. The van der Waals surface area contributed by atoms with Gasteiger partial charge in [0.05, 0.1) is 26.5 Å². The Kier molecular flexibility index (Phi) is 5.03. The Labute approximate surface area is 147 Å². The van der Waals surface area contributed by atoms with Crippen molar-refractivity contribution in [2.45, 2.75) is 19.8 Å². The monoisotopic (exact) mass is 338 g/mol. The summed E-state index contributed by atoms with van der Waals surface area (Å²) in [6.07, 6.45) is 1.62. The molecule has 0 spiro atoms. The second-order valence-electron chi connectivity index (χ2n) is 5.85. The molecule has 0 unspecified atom stereocenters. The lowest BCUT2D eigenvalue weighted by atomic mass is 10.1. The van der Waals surface area contributed by atoms with Gasteiger partial charge in [-0.1, -0.05) is 19.1 Å². The second-order valence-corrected chi connectivity index (χ2v) is 5.85. The van der Waals surface area contributed by atoms with Crippen LogP contribution in [0.1, 0.15) is 34.8 Å². The van der Waals surface area contributed by atoms with Crippen LogP contribution >= 0.6 is 0 Å². The SMILES string of the molecule is CCc1cccc(C(=O)N2CCC(c3ccc(OC)c(OC)c3)=N2)c1. The van der Waals surface area contributed by atoms with Crippen LogP contribution in [0.25, 0.3) is 0 Å². The molecule has 1 aliphatic heterocycles. The van der Waals surface area contributed by atoms with Crippen LogP contribution in [0.4, 0.5) is 0 Å². The molecule has 0 aromatic heterocycles. The summed E-state index contributed by atoms with van der Waals surface area (Å²) in [6, 6.07) is 13.4. The summed E-state index contributed by atoms with van der Waals surface area (Å²) < 4.78 is 10.6. The van der Waals surface area contributed by atoms with Gasteiger partial charge in [0.15, 0.2) is 11.5 Å². The fourth-order valence-corrected chi connectivity index (χ4v) is 2.90. The maximum Gasteiger partial charge on any atom is 0.273 e. The van der Waals surface area contributed by atoms with E-state index in [9.17, 15) is 4.79 Å². The third-order valence-corrected chi connectivity index (χ3v) is 4.34. The highest BCUT2D eigenvalue weighted by Crippen LogP contribution is 2.29. The van der Waals surface area contributed by atoms with Gasteiger partial charge in [0.2, 0.25) is 0 Å². The van der Waals surface area contributed by atoms with Crippen LogP contribution in [0.5, 0.6) is 11.5 Å². The standard InChI is InChI=1S/C20H22N2O3/c1-4-14-6-5-7-16(12-14)20(23)22-11-10-17(21-22)15-8-9-18(24-2)19(13-15)25-3/h5-9,12-13H,4,10-11H2,1-3H3. The third-order valence-electron chi connectivity index (χ3n) is 4.34. The molecule has 0 radical (unpaired) electrons. The molecule has 0 fully saturated rings. The van der Waals surface area contributed by atoms with Gasteiger partial charge in [-0.15, -0.1) is 0 Å². The zero-order chi connectivity index (χ0) is 17.8. The molecule has 1 amide bonds. The Morgan fingerprint density at radius 2 is 1.92 bits per heavy atom. The highest BCUT2D eigenvalue weighted by Gasteiger charge is 2.23. The van der Waals surface area contributed by atoms with Crippen molar-refractivity contribution < 1.29 is 14.3 Å². The van der Waals surface area contributed by atoms with E-state index in [1.165, 1.54) is 0 Å². The van der Waals surface area contributed by atoms with Crippen molar-refractivity contribution in [3.05, 3.63) is 59.2 Å². The van der Waals surface area contributed by atoms with Gasteiger partial charge in [0.25, 0.3) is 5.91 Å². The van der Waals surface area contributed by atoms with E-state index in [0.29, 0.717) is 30.0 Å². The summed E-state index contributed by atoms with van der Waals surface area (Å²) >= 11 is 0. The largest absolute Gasteiger partial charge is 0.493 e. The fraction of sp³-hybridized carbons (Fsp3) is 0.300. The van der Waals surface area contributed by atoms with Crippen molar-refractivity contribution in [3.63, 3.8) is 0 Å². The Hall–Kier alpha value is -2.82. The van der Waals surface area contributed by atoms with Crippen molar-refractivity contribution in [2.75, 3.05) is 20.8 Å². The first-order chi connectivity index (χ1) is 12.2. The van der Waals surface area contributed by atoms with E-state index in [-0.39, 0.29) is 5.91 Å². The topological polar surface area (TPSA) is 51.1 Å². The van der Waals surface area contributed by atoms with Crippen LogP contribution in [-0.2, 0) is 6.42 Å². The predicted octanol–water partition coefficient (Wildman–Crippen LogP) is 3.52. The number of carbonyl (C=O) groups excluding carboxylic acids is 1. The zero-order valence-electron chi connectivity index (χ0n) is 14.8. The molecule has 25 heavy (non-hydrogen) atoms. The first-order valence-electron chi connectivity index (χ1n) is 8.37. The molecular formula is C20H22N2O3. The maximum absolute atomic E-state index is 12.7. The average Bonchev–Trinajstić information content (AvgIpc) is 3.17. The van der Waals surface area contributed by atoms with Gasteiger partial charge in [-0.05, 0) is 42.3 Å². The summed E-state index contributed by atoms with van der Waals surface area (Å²) in [5, 5.41) is 6.07. The summed E-state index contributed by atoms with van der Waals surface area (Å²) in [7, 11) is 3.21. The normalized spacial score (nSPS) is 13.6. The number of amides is 1. The number of hydrogen-bond acceptors (Lipinski definition) is 4.